The third kappa shape index (κ3) is 2.34. The predicted molar refractivity (Wildman–Crippen MR) is 71.4 cm³/mol. The Balaban J connectivity index is 1.68. The first-order chi connectivity index (χ1) is 8.74. The van der Waals surface area contributed by atoms with Crippen LogP contribution in [0.2, 0.25) is 0 Å². The van der Waals surface area contributed by atoms with Crippen LogP contribution in [0.4, 0.5) is 0 Å². The Labute approximate surface area is 115 Å². The van der Waals surface area contributed by atoms with Crippen molar-refractivity contribution in [3.05, 3.63) is 22.6 Å². The van der Waals surface area contributed by atoms with Crippen molar-refractivity contribution < 1.29 is 9.21 Å². The van der Waals surface area contributed by atoms with E-state index in [1.807, 2.05) is 4.90 Å². The van der Waals surface area contributed by atoms with E-state index in [9.17, 15) is 4.79 Å². The van der Waals surface area contributed by atoms with Gasteiger partial charge in [0.05, 0.1) is 0 Å². The summed E-state index contributed by atoms with van der Waals surface area (Å²) in [5.41, 5.74) is 0. The molecule has 0 saturated carbocycles. The SMILES string of the molecule is O=C(c1ccc(Br)o1)N1CC[C@@H]2CNC[C@@H]2CC1. The third-order valence-electron chi connectivity index (χ3n) is 4.09. The molecule has 0 bridgehead atoms. The second-order valence-electron chi connectivity index (χ2n) is 5.15. The number of hydrogen-bond donors (Lipinski definition) is 1. The van der Waals surface area contributed by atoms with Gasteiger partial charge in [0, 0.05) is 13.1 Å². The van der Waals surface area contributed by atoms with Gasteiger partial charge in [0.15, 0.2) is 10.4 Å². The standard InChI is InChI=1S/C13H17BrN2O2/c14-12-2-1-11(18-12)13(17)16-5-3-9-7-15-8-10(9)4-6-16/h1-2,9-10,15H,3-8H2/t9-,10+. The number of carbonyl (C=O) groups excluding carboxylic acids is 1. The van der Waals surface area contributed by atoms with Gasteiger partial charge in [-0.1, -0.05) is 0 Å². The number of nitrogens with zero attached hydrogens (tertiary/aromatic N) is 1. The number of halogens is 1. The molecule has 1 N–H and O–H groups in total. The molecule has 0 radical (unpaired) electrons. The Kier molecular flexibility index (Phi) is 3.43. The van der Waals surface area contributed by atoms with Crippen LogP contribution in [0.25, 0.3) is 0 Å². The van der Waals surface area contributed by atoms with Crippen LogP contribution < -0.4 is 5.32 Å². The number of fused-ring (bicyclic) bond motifs is 1. The Morgan fingerprint density at radius 2 is 1.94 bits per heavy atom. The highest BCUT2D eigenvalue weighted by molar-refractivity contribution is 9.10. The zero-order chi connectivity index (χ0) is 12.5. The lowest BCUT2D eigenvalue weighted by Crippen LogP contribution is -2.32. The molecule has 0 aliphatic carbocycles. The van der Waals surface area contributed by atoms with Gasteiger partial charge in [0.2, 0.25) is 0 Å². The van der Waals surface area contributed by atoms with Crippen LogP contribution in [0.1, 0.15) is 23.4 Å². The molecule has 4 nitrogen and oxygen atoms in total. The number of amides is 1. The van der Waals surface area contributed by atoms with Crippen molar-refractivity contribution in [2.45, 2.75) is 12.8 Å². The fourth-order valence-electron chi connectivity index (χ4n) is 3.01. The summed E-state index contributed by atoms with van der Waals surface area (Å²) in [6.45, 7) is 3.91. The normalized spacial score (nSPS) is 27.9. The van der Waals surface area contributed by atoms with E-state index in [1.54, 1.807) is 12.1 Å². The molecule has 3 heterocycles. The number of hydrogen-bond acceptors (Lipinski definition) is 3. The summed E-state index contributed by atoms with van der Waals surface area (Å²) in [7, 11) is 0. The molecule has 1 aromatic heterocycles. The molecular formula is C13H17BrN2O2. The zero-order valence-electron chi connectivity index (χ0n) is 10.2. The summed E-state index contributed by atoms with van der Waals surface area (Å²) in [5.74, 6) is 1.94. The zero-order valence-corrected chi connectivity index (χ0v) is 11.8. The molecule has 2 aliphatic heterocycles. The van der Waals surface area contributed by atoms with E-state index in [-0.39, 0.29) is 5.91 Å². The quantitative estimate of drug-likeness (QED) is 0.864. The Morgan fingerprint density at radius 3 is 2.50 bits per heavy atom. The maximum atomic E-state index is 12.3. The largest absolute Gasteiger partial charge is 0.444 e. The van der Waals surface area contributed by atoms with Crippen molar-refractivity contribution in [1.29, 1.82) is 0 Å². The van der Waals surface area contributed by atoms with Crippen molar-refractivity contribution in [2.75, 3.05) is 26.2 Å². The van der Waals surface area contributed by atoms with Gasteiger partial charge in [-0.05, 0) is 65.8 Å². The molecule has 18 heavy (non-hydrogen) atoms. The van der Waals surface area contributed by atoms with Gasteiger partial charge in [0.1, 0.15) is 0 Å². The molecule has 0 spiro atoms. The molecule has 2 saturated heterocycles. The highest BCUT2D eigenvalue weighted by Gasteiger charge is 2.32. The van der Waals surface area contributed by atoms with Crippen molar-refractivity contribution in [3.63, 3.8) is 0 Å². The summed E-state index contributed by atoms with van der Waals surface area (Å²) in [4.78, 5) is 14.2. The summed E-state index contributed by atoms with van der Waals surface area (Å²) in [5, 5.41) is 3.44. The molecule has 2 fully saturated rings. The lowest BCUT2D eigenvalue weighted by atomic mass is 9.92. The van der Waals surface area contributed by atoms with Gasteiger partial charge in [-0.15, -0.1) is 0 Å². The minimum Gasteiger partial charge on any atom is -0.444 e. The maximum absolute atomic E-state index is 12.3. The van der Waals surface area contributed by atoms with E-state index in [2.05, 4.69) is 21.2 Å². The van der Waals surface area contributed by atoms with Crippen LogP contribution in [0.3, 0.4) is 0 Å². The van der Waals surface area contributed by atoms with E-state index in [0.717, 1.165) is 50.9 Å². The Morgan fingerprint density at radius 1 is 1.28 bits per heavy atom. The monoisotopic (exact) mass is 312 g/mol. The molecular weight excluding hydrogens is 296 g/mol. The maximum Gasteiger partial charge on any atom is 0.289 e. The van der Waals surface area contributed by atoms with Gasteiger partial charge >= 0.3 is 0 Å². The summed E-state index contributed by atoms with van der Waals surface area (Å²) >= 11 is 3.23. The van der Waals surface area contributed by atoms with E-state index >= 15 is 0 Å². The van der Waals surface area contributed by atoms with Crippen molar-refractivity contribution >= 4 is 21.8 Å². The number of nitrogens with one attached hydrogen (secondary N) is 1. The van der Waals surface area contributed by atoms with Crippen LogP contribution >= 0.6 is 15.9 Å². The first-order valence-electron chi connectivity index (χ1n) is 6.49. The molecule has 98 valence electrons. The molecule has 5 heteroatoms. The lowest BCUT2D eigenvalue weighted by molar-refractivity contribution is 0.0725. The smallest absolute Gasteiger partial charge is 0.289 e. The topological polar surface area (TPSA) is 45.5 Å². The minimum atomic E-state index is 0.0219. The average Bonchev–Trinajstić information content (AvgIpc) is 2.94. The van der Waals surface area contributed by atoms with E-state index in [0.29, 0.717) is 10.4 Å². The minimum absolute atomic E-state index is 0.0219. The summed E-state index contributed by atoms with van der Waals surface area (Å²) in [6.07, 6.45) is 2.20. The first kappa shape index (κ1) is 12.2. The Bertz CT molecular complexity index is 432. The van der Waals surface area contributed by atoms with Gasteiger partial charge in [-0.25, -0.2) is 0 Å². The average molecular weight is 313 g/mol. The first-order valence-corrected chi connectivity index (χ1v) is 7.28. The van der Waals surface area contributed by atoms with Crippen LogP contribution in [-0.2, 0) is 0 Å². The van der Waals surface area contributed by atoms with E-state index in [4.69, 9.17) is 4.42 Å². The summed E-state index contributed by atoms with van der Waals surface area (Å²) < 4.78 is 5.96. The van der Waals surface area contributed by atoms with Gasteiger partial charge < -0.3 is 14.6 Å². The van der Waals surface area contributed by atoms with Crippen molar-refractivity contribution in [1.82, 2.24) is 10.2 Å². The molecule has 0 aromatic carbocycles. The number of carbonyl (C=O) groups is 1. The molecule has 1 aromatic rings. The summed E-state index contributed by atoms with van der Waals surface area (Å²) in [6, 6.07) is 3.50. The number of rotatable bonds is 1. The fourth-order valence-corrected chi connectivity index (χ4v) is 3.31. The number of likely N-dealkylation sites (tertiary alicyclic amines) is 1. The van der Waals surface area contributed by atoms with Crippen molar-refractivity contribution in [2.24, 2.45) is 11.8 Å². The van der Waals surface area contributed by atoms with Gasteiger partial charge in [0.25, 0.3) is 5.91 Å². The Hall–Kier alpha value is -0.810. The molecule has 2 aliphatic rings. The third-order valence-corrected chi connectivity index (χ3v) is 4.52. The molecule has 2 atom stereocenters. The van der Waals surface area contributed by atoms with Crippen molar-refractivity contribution in [3.8, 4) is 0 Å². The molecule has 1 amide bonds. The van der Waals surface area contributed by atoms with Gasteiger partial charge in [-0.2, -0.15) is 0 Å². The van der Waals surface area contributed by atoms with E-state index in [1.165, 1.54) is 0 Å². The highest BCUT2D eigenvalue weighted by Crippen LogP contribution is 2.28. The van der Waals surface area contributed by atoms with Crippen LogP contribution in [0, 0.1) is 11.8 Å². The second-order valence-corrected chi connectivity index (χ2v) is 5.93. The second kappa shape index (κ2) is 5.05. The predicted octanol–water partition coefficient (Wildman–Crippen LogP) is 2.11. The van der Waals surface area contributed by atoms with E-state index < -0.39 is 0 Å². The lowest BCUT2D eigenvalue weighted by Gasteiger charge is -2.19. The van der Waals surface area contributed by atoms with Crippen LogP contribution in [0.15, 0.2) is 21.2 Å². The molecule has 3 rings (SSSR count). The fraction of sp³-hybridized carbons (Fsp3) is 0.615. The van der Waals surface area contributed by atoms with Crippen LogP contribution in [-0.4, -0.2) is 37.0 Å². The van der Waals surface area contributed by atoms with Crippen LogP contribution in [0.5, 0.6) is 0 Å². The van der Waals surface area contributed by atoms with Gasteiger partial charge in [-0.3, -0.25) is 4.79 Å². The molecule has 0 unspecified atom stereocenters. The number of furan rings is 1. The highest BCUT2D eigenvalue weighted by atomic mass is 79.9.